The quantitative estimate of drug-likeness (QED) is 0.934. The number of methoxy groups -OCH3 is 1. The van der Waals surface area contributed by atoms with Crippen LogP contribution in [0.1, 0.15) is 18.4 Å². The molecule has 1 aliphatic heterocycles. The normalized spacial score (nSPS) is 16.9. The van der Waals surface area contributed by atoms with Gasteiger partial charge in [-0.15, -0.1) is 0 Å². The van der Waals surface area contributed by atoms with Gasteiger partial charge in [0.15, 0.2) is 11.5 Å². The zero-order valence-electron chi connectivity index (χ0n) is 11.1. The Morgan fingerprint density at radius 2 is 2.35 bits per heavy atom. The van der Waals surface area contributed by atoms with E-state index >= 15 is 0 Å². The number of rotatable bonds is 3. The molecule has 0 spiro atoms. The monoisotopic (exact) mass is 295 g/mol. The third-order valence-electron chi connectivity index (χ3n) is 3.19. The molecule has 0 aliphatic carbocycles. The largest absolute Gasteiger partial charge is 0.493 e. The van der Waals surface area contributed by atoms with Crippen molar-refractivity contribution in [2.75, 3.05) is 7.11 Å². The number of hydrogen-bond donors (Lipinski definition) is 1. The van der Waals surface area contributed by atoms with Crippen LogP contribution in [0.4, 0.5) is 0 Å². The van der Waals surface area contributed by atoms with Gasteiger partial charge in [0.2, 0.25) is 11.7 Å². The van der Waals surface area contributed by atoms with Gasteiger partial charge in [-0.2, -0.15) is 4.98 Å². The maximum atomic E-state index is 6.45. The third kappa shape index (κ3) is 2.01. The fraction of sp³-hybridized carbons (Fsp3) is 0.385. The van der Waals surface area contributed by atoms with Crippen LogP contribution in [0.25, 0.3) is 11.4 Å². The number of nitrogens with two attached hydrogens (primary N) is 1. The van der Waals surface area contributed by atoms with Gasteiger partial charge in [0.05, 0.1) is 18.7 Å². The molecule has 7 heteroatoms. The second-order valence-corrected chi connectivity index (χ2v) is 4.97. The molecular weight excluding hydrogens is 282 g/mol. The maximum Gasteiger partial charge on any atom is 0.240 e. The van der Waals surface area contributed by atoms with Crippen LogP contribution in [-0.2, 0) is 13.0 Å². The van der Waals surface area contributed by atoms with Gasteiger partial charge in [-0.1, -0.05) is 16.8 Å². The highest BCUT2D eigenvalue weighted by Crippen LogP contribution is 2.46. The Hall–Kier alpha value is -1.79. The highest BCUT2D eigenvalue weighted by Gasteiger charge is 2.29. The van der Waals surface area contributed by atoms with Crippen molar-refractivity contribution in [1.29, 1.82) is 0 Å². The number of nitrogens with zero attached hydrogens (tertiary/aromatic N) is 2. The Morgan fingerprint density at radius 3 is 3.00 bits per heavy atom. The molecule has 2 N–H and O–H groups in total. The van der Waals surface area contributed by atoms with Crippen LogP contribution in [0, 0.1) is 0 Å². The van der Waals surface area contributed by atoms with Gasteiger partial charge in [0, 0.05) is 17.5 Å². The predicted molar refractivity (Wildman–Crippen MR) is 73.0 cm³/mol. The summed E-state index contributed by atoms with van der Waals surface area (Å²) in [5.74, 6) is 2.07. The zero-order valence-corrected chi connectivity index (χ0v) is 11.9. The van der Waals surface area contributed by atoms with Gasteiger partial charge in [0.25, 0.3) is 0 Å². The molecule has 3 rings (SSSR count). The highest BCUT2D eigenvalue weighted by molar-refractivity contribution is 6.34. The van der Waals surface area contributed by atoms with Crippen LogP contribution < -0.4 is 15.2 Å². The third-order valence-corrected chi connectivity index (χ3v) is 3.62. The second kappa shape index (κ2) is 4.96. The first-order valence-corrected chi connectivity index (χ1v) is 6.60. The van der Waals surface area contributed by atoms with Crippen LogP contribution in [0.3, 0.4) is 0 Å². The Balaban J connectivity index is 2.15. The highest BCUT2D eigenvalue weighted by atomic mass is 35.5. The van der Waals surface area contributed by atoms with Crippen molar-refractivity contribution in [2.45, 2.75) is 26.0 Å². The lowest BCUT2D eigenvalue weighted by molar-refractivity contribution is 0.243. The first-order valence-electron chi connectivity index (χ1n) is 6.23. The van der Waals surface area contributed by atoms with E-state index in [0.29, 0.717) is 33.8 Å². The first-order chi connectivity index (χ1) is 9.63. The van der Waals surface area contributed by atoms with Crippen molar-refractivity contribution in [1.82, 2.24) is 10.1 Å². The molecule has 2 aromatic rings. The molecule has 0 amide bonds. The van der Waals surface area contributed by atoms with E-state index in [2.05, 4.69) is 10.1 Å². The SMILES string of the molecule is COc1cc(-c2noc(CN)n2)c(Cl)c2c1OC(C)C2. The summed E-state index contributed by atoms with van der Waals surface area (Å²) in [6, 6.07) is 1.75. The molecule has 0 saturated carbocycles. The number of hydrogen-bond acceptors (Lipinski definition) is 6. The summed E-state index contributed by atoms with van der Waals surface area (Å²) in [5.41, 5.74) is 7.04. The molecule has 0 saturated heterocycles. The Labute approximate surface area is 120 Å². The molecule has 1 aromatic carbocycles. The second-order valence-electron chi connectivity index (χ2n) is 4.60. The summed E-state index contributed by atoms with van der Waals surface area (Å²) in [6.45, 7) is 2.17. The number of benzene rings is 1. The smallest absolute Gasteiger partial charge is 0.240 e. The molecule has 6 nitrogen and oxygen atoms in total. The first kappa shape index (κ1) is 13.2. The molecular formula is C13H14ClN3O3. The molecule has 0 fully saturated rings. The summed E-state index contributed by atoms with van der Waals surface area (Å²) in [4.78, 5) is 4.20. The van der Waals surface area contributed by atoms with E-state index in [1.165, 1.54) is 0 Å². The van der Waals surface area contributed by atoms with Gasteiger partial charge in [-0.3, -0.25) is 0 Å². The zero-order chi connectivity index (χ0) is 14.3. The minimum Gasteiger partial charge on any atom is -0.493 e. The standard InChI is InChI=1S/C13H14ClN3O3/c1-6-3-7-11(14)8(4-9(18-2)12(7)19-6)13-16-10(5-15)20-17-13/h4,6H,3,5,15H2,1-2H3. The average molecular weight is 296 g/mol. The molecule has 106 valence electrons. The Bertz CT molecular complexity index is 657. The summed E-state index contributed by atoms with van der Waals surface area (Å²) >= 11 is 6.45. The summed E-state index contributed by atoms with van der Waals surface area (Å²) in [7, 11) is 1.58. The van der Waals surface area contributed by atoms with Crippen molar-refractivity contribution in [3.63, 3.8) is 0 Å². The number of ether oxygens (including phenoxy) is 2. The average Bonchev–Trinajstić information content (AvgIpc) is 3.05. The minimum absolute atomic E-state index is 0.0662. The summed E-state index contributed by atoms with van der Waals surface area (Å²) in [5, 5.41) is 4.46. The molecule has 20 heavy (non-hydrogen) atoms. The van der Waals surface area contributed by atoms with Crippen LogP contribution in [0.15, 0.2) is 10.6 Å². The molecule has 1 atom stereocenters. The van der Waals surface area contributed by atoms with Crippen molar-refractivity contribution in [3.8, 4) is 22.9 Å². The van der Waals surface area contributed by atoms with E-state index in [4.69, 9.17) is 31.3 Å². The van der Waals surface area contributed by atoms with Crippen molar-refractivity contribution >= 4 is 11.6 Å². The van der Waals surface area contributed by atoms with E-state index in [9.17, 15) is 0 Å². The fourth-order valence-electron chi connectivity index (χ4n) is 2.27. The van der Waals surface area contributed by atoms with Crippen LogP contribution in [-0.4, -0.2) is 23.4 Å². The molecule has 1 aromatic heterocycles. The van der Waals surface area contributed by atoms with E-state index in [0.717, 1.165) is 12.0 Å². The van der Waals surface area contributed by atoms with Gasteiger partial charge in [-0.05, 0) is 13.0 Å². The lowest BCUT2D eigenvalue weighted by Gasteiger charge is -2.11. The van der Waals surface area contributed by atoms with E-state index in [1.807, 2.05) is 6.92 Å². The Morgan fingerprint density at radius 1 is 1.55 bits per heavy atom. The van der Waals surface area contributed by atoms with Crippen molar-refractivity contribution < 1.29 is 14.0 Å². The van der Waals surface area contributed by atoms with E-state index in [1.54, 1.807) is 13.2 Å². The molecule has 2 heterocycles. The van der Waals surface area contributed by atoms with E-state index in [-0.39, 0.29) is 12.6 Å². The Kier molecular flexibility index (Phi) is 3.27. The van der Waals surface area contributed by atoms with Crippen molar-refractivity contribution in [3.05, 3.63) is 22.5 Å². The minimum atomic E-state index is 0.0662. The lowest BCUT2D eigenvalue weighted by atomic mass is 10.1. The molecule has 0 radical (unpaired) electrons. The molecule has 1 aliphatic rings. The van der Waals surface area contributed by atoms with Crippen LogP contribution in [0.5, 0.6) is 11.5 Å². The number of halogens is 1. The summed E-state index contributed by atoms with van der Waals surface area (Å²) in [6.07, 6.45) is 0.788. The predicted octanol–water partition coefficient (Wildman–Crippen LogP) is 2.18. The van der Waals surface area contributed by atoms with Crippen molar-refractivity contribution in [2.24, 2.45) is 5.73 Å². The van der Waals surface area contributed by atoms with Gasteiger partial charge in [0.1, 0.15) is 6.10 Å². The molecule has 1 unspecified atom stereocenters. The number of aromatic nitrogens is 2. The van der Waals surface area contributed by atoms with Gasteiger partial charge >= 0.3 is 0 Å². The maximum absolute atomic E-state index is 6.45. The van der Waals surface area contributed by atoms with Crippen LogP contribution >= 0.6 is 11.6 Å². The lowest BCUT2D eigenvalue weighted by Crippen LogP contribution is -2.05. The molecule has 0 bridgehead atoms. The van der Waals surface area contributed by atoms with Gasteiger partial charge in [-0.25, -0.2) is 0 Å². The summed E-state index contributed by atoms with van der Waals surface area (Å²) < 4.78 is 16.1. The van der Waals surface area contributed by atoms with Gasteiger partial charge < -0.3 is 19.7 Å². The van der Waals surface area contributed by atoms with E-state index < -0.39 is 0 Å². The number of fused-ring (bicyclic) bond motifs is 1. The van der Waals surface area contributed by atoms with Crippen LogP contribution in [0.2, 0.25) is 5.02 Å². The fourth-order valence-corrected chi connectivity index (χ4v) is 2.58. The topological polar surface area (TPSA) is 83.4 Å².